The van der Waals surface area contributed by atoms with Crippen molar-refractivity contribution in [2.75, 3.05) is 13.1 Å². The van der Waals surface area contributed by atoms with Crippen LogP contribution in [0.4, 0.5) is 0 Å². The van der Waals surface area contributed by atoms with E-state index in [-0.39, 0.29) is 5.60 Å². The summed E-state index contributed by atoms with van der Waals surface area (Å²) in [6.07, 6.45) is 3.90. The summed E-state index contributed by atoms with van der Waals surface area (Å²) in [4.78, 5) is 4.45. The van der Waals surface area contributed by atoms with Crippen LogP contribution in [0.15, 0.2) is 36.5 Å². The SMILES string of the molecule is CCCNCC(C)(CC)Oc1cccc2cccnc12. The zero-order valence-electron chi connectivity index (χ0n) is 12.6. The van der Waals surface area contributed by atoms with E-state index in [9.17, 15) is 0 Å². The smallest absolute Gasteiger partial charge is 0.146 e. The molecule has 0 aliphatic rings. The van der Waals surface area contributed by atoms with Crippen molar-refractivity contribution in [2.24, 2.45) is 0 Å². The Hall–Kier alpha value is -1.61. The second-order valence-corrected chi connectivity index (χ2v) is 5.41. The molecule has 1 heterocycles. The van der Waals surface area contributed by atoms with Crippen LogP contribution in [0.1, 0.15) is 33.6 Å². The van der Waals surface area contributed by atoms with E-state index in [0.29, 0.717) is 0 Å². The molecule has 3 heteroatoms. The molecule has 2 aromatic rings. The van der Waals surface area contributed by atoms with Crippen LogP contribution in [0, 0.1) is 0 Å². The summed E-state index contributed by atoms with van der Waals surface area (Å²) in [7, 11) is 0. The molecule has 0 radical (unpaired) electrons. The molecule has 1 aromatic heterocycles. The van der Waals surface area contributed by atoms with Gasteiger partial charge >= 0.3 is 0 Å². The molecule has 0 spiro atoms. The van der Waals surface area contributed by atoms with E-state index < -0.39 is 0 Å². The summed E-state index contributed by atoms with van der Waals surface area (Å²) in [6.45, 7) is 8.35. The van der Waals surface area contributed by atoms with Gasteiger partial charge in [-0.05, 0) is 38.4 Å². The highest BCUT2D eigenvalue weighted by Crippen LogP contribution is 2.27. The van der Waals surface area contributed by atoms with Crippen LogP contribution in [0.3, 0.4) is 0 Å². The van der Waals surface area contributed by atoms with Gasteiger partial charge in [0, 0.05) is 18.1 Å². The Kier molecular flexibility index (Phi) is 4.96. The van der Waals surface area contributed by atoms with Gasteiger partial charge in [0.05, 0.1) is 0 Å². The largest absolute Gasteiger partial charge is 0.484 e. The van der Waals surface area contributed by atoms with Gasteiger partial charge in [0.15, 0.2) is 0 Å². The fourth-order valence-corrected chi connectivity index (χ4v) is 2.19. The molecule has 0 bridgehead atoms. The zero-order chi connectivity index (χ0) is 14.4. The standard InChI is InChI=1S/C17H24N2O/c1-4-11-18-13-17(3,5-2)20-15-10-6-8-14-9-7-12-19-16(14)15/h6-10,12,18H,4-5,11,13H2,1-3H3. The van der Waals surface area contributed by atoms with Crippen molar-refractivity contribution in [1.29, 1.82) is 0 Å². The molecular weight excluding hydrogens is 248 g/mol. The number of nitrogens with one attached hydrogen (secondary N) is 1. The lowest BCUT2D eigenvalue weighted by Crippen LogP contribution is -2.42. The van der Waals surface area contributed by atoms with Crippen LogP contribution in [-0.4, -0.2) is 23.7 Å². The molecule has 20 heavy (non-hydrogen) atoms. The van der Waals surface area contributed by atoms with Crippen molar-refractivity contribution in [1.82, 2.24) is 10.3 Å². The second kappa shape index (κ2) is 6.71. The summed E-state index contributed by atoms with van der Waals surface area (Å²) in [6, 6.07) is 10.1. The molecule has 108 valence electrons. The maximum atomic E-state index is 6.29. The van der Waals surface area contributed by atoms with E-state index >= 15 is 0 Å². The predicted octanol–water partition coefficient (Wildman–Crippen LogP) is 3.78. The topological polar surface area (TPSA) is 34.1 Å². The number of hydrogen-bond donors (Lipinski definition) is 1. The Bertz CT molecular complexity index is 550. The van der Waals surface area contributed by atoms with E-state index in [1.165, 1.54) is 0 Å². The van der Waals surface area contributed by atoms with Crippen molar-refractivity contribution in [3.05, 3.63) is 36.5 Å². The Labute approximate surface area is 121 Å². The summed E-state index contributed by atoms with van der Waals surface area (Å²) in [5.41, 5.74) is 0.728. The minimum Gasteiger partial charge on any atom is -0.484 e. The van der Waals surface area contributed by atoms with Crippen LogP contribution >= 0.6 is 0 Å². The molecule has 0 amide bonds. The van der Waals surface area contributed by atoms with E-state index in [1.807, 2.05) is 24.4 Å². The Balaban J connectivity index is 2.20. The average Bonchev–Trinajstić information content (AvgIpc) is 2.48. The first-order chi connectivity index (χ1) is 9.68. The van der Waals surface area contributed by atoms with Crippen molar-refractivity contribution in [3.8, 4) is 5.75 Å². The molecule has 0 aliphatic heterocycles. The van der Waals surface area contributed by atoms with Crippen LogP contribution in [-0.2, 0) is 0 Å². The number of ether oxygens (including phenoxy) is 1. The van der Waals surface area contributed by atoms with Crippen LogP contribution in [0.2, 0.25) is 0 Å². The molecule has 1 unspecified atom stereocenters. The van der Waals surface area contributed by atoms with Gasteiger partial charge in [-0.25, -0.2) is 0 Å². The van der Waals surface area contributed by atoms with Gasteiger partial charge in [-0.3, -0.25) is 4.98 Å². The lowest BCUT2D eigenvalue weighted by atomic mass is 10.0. The van der Waals surface area contributed by atoms with Crippen molar-refractivity contribution in [3.63, 3.8) is 0 Å². The highest BCUT2D eigenvalue weighted by atomic mass is 16.5. The van der Waals surface area contributed by atoms with Crippen molar-refractivity contribution in [2.45, 2.75) is 39.2 Å². The molecule has 0 saturated carbocycles. The van der Waals surface area contributed by atoms with E-state index in [1.54, 1.807) is 0 Å². The fraction of sp³-hybridized carbons (Fsp3) is 0.471. The van der Waals surface area contributed by atoms with E-state index in [2.05, 4.69) is 43.2 Å². The highest BCUT2D eigenvalue weighted by molar-refractivity contribution is 5.84. The van der Waals surface area contributed by atoms with Crippen LogP contribution in [0.25, 0.3) is 10.9 Å². The number of aromatic nitrogens is 1. The summed E-state index contributed by atoms with van der Waals surface area (Å²) >= 11 is 0. The minimum atomic E-state index is -0.207. The van der Waals surface area contributed by atoms with Crippen molar-refractivity contribution >= 4 is 10.9 Å². The number of benzene rings is 1. The second-order valence-electron chi connectivity index (χ2n) is 5.41. The van der Waals surface area contributed by atoms with E-state index in [4.69, 9.17) is 4.74 Å². The summed E-state index contributed by atoms with van der Waals surface area (Å²) in [5, 5.41) is 4.57. The third kappa shape index (κ3) is 3.48. The highest BCUT2D eigenvalue weighted by Gasteiger charge is 2.24. The van der Waals surface area contributed by atoms with Gasteiger partial charge in [0.25, 0.3) is 0 Å². The molecule has 1 aromatic carbocycles. The van der Waals surface area contributed by atoms with Gasteiger partial charge in [-0.1, -0.05) is 32.0 Å². The van der Waals surface area contributed by atoms with Crippen LogP contribution < -0.4 is 10.1 Å². The Morgan fingerprint density at radius 3 is 2.75 bits per heavy atom. The average molecular weight is 272 g/mol. The summed E-state index contributed by atoms with van der Waals surface area (Å²) < 4.78 is 6.29. The molecule has 0 aliphatic carbocycles. The fourth-order valence-electron chi connectivity index (χ4n) is 2.19. The van der Waals surface area contributed by atoms with E-state index in [0.717, 1.165) is 42.6 Å². The lowest BCUT2D eigenvalue weighted by Gasteiger charge is -2.30. The normalized spacial score (nSPS) is 14.2. The monoisotopic (exact) mass is 272 g/mol. The minimum absolute atomic E-state index is 0.207. The Morgan fingerprint density at radius 1 is 1.20 bits per heavy atom. The summed E-state index contributed by atoms with van der Waals surface area (Å²) in [5.74, 6) is 0.866. The maximum absolute atomic E-state index is 6.29. The van der Waals surface area contributed by atoms with Gasteiger partial charge in [0.1, 0.15) is 16.9 Å². The Morgan fingerprint density at radius 2 is 2.00 bits per heavy atom. The number of rotatable bonds is 7. The lowest BCUT2D eigenvalue weighted by molar-refractivity contribution is 0.0854. The first kappa shape index (κ1) is 14.8. The first-order valence-corrected chi connectivity index (χ1v) is 7.42. The third-order valence-electron chi connectivity index (χ3n) is 3.63. The van der Waals surface area contributed by atoms with Crippen molar-refractivity contribution < 1.29 is 4.74 Å². The van der Waals surface area contributed by atoms with Crippen LogP contribution in [0.5, 0.6) is 5.75 Å². The predicted molar refractivity (Wildman–Crippen MR) is 84.2 cm³/mol. The molecule has 3 nitrogen and oxygen atoms in total. The zero-order valence-corrected chi connectivity index (χ0v) is 12.6. The number of para-hydroxylation sites is 1. The molecule has 1 N–H and O–H groups in total. The molecule has 0 fully saturated rings. The number of fused-ring (bicyclic) bond motifs is 1. The van der Waals surface area contributed by atoms with Gasteiger partial charge in [-0.2, -0.15) is 0 Å². The van der Waals surface area contributed by atoms with Gasteiger partial charge < -0.3 is 10.1 Å². The molecule has 1 atom stereocenters. The quantitative estimate of drug-likeness (QED) is 0.779. The molecular formula is C17H24N2O. The van der Waals surface area contributed by atoms with Gasteiger partial charge in [0.2, 0.25) is 0 Å². The molecule has 0 saturated heterocycles. The van der Waals surface area contributed by atoms with Gasteiger partial charge in [-0.15, -0.1) is 0 Å². The first-order valence-electron chi connectivity index (χ1n) is 7.42. The maximum Gasteiger partial charge on any atom is 0.146 e. The number of hydrogen-bond acceptors (Lipinski definition) is 3. The molecule has 2 rings (SSSR count). The number of nitrogens with zero attached hydrogens (tertiary/aromatic N) is 1. The number of pyridine rings is 1. The third-order valence-corrected chi connectivity index (χ3v) is 3.63.